The number of benzene rings is 1. The van der Waals surface area contributed by atoms with E-state index in [1.165, 1.54) is 0 Å². The van der Waals surface area contributed by atoms with Gasteiger partial charge in [-0.05, 0) is 39.0 Å². The zero-order valence-electron chi connectivity index (χ0n) is 10.5. The zero-order valence-corrected chi connectivity index (χ0v) is 13.9. The lowest BCUT2D eigenvalue weighted by Crippen LogP contribution is -2.32. The van der Waals surface area contributed by atoms with Crippen molar-refractivity contribution in [2.24, 2.45) is 4.99 Å². The Balaban J connectivity index is 2.53. The van der Waals surface area contributed by atoms with Gasteiger partial charge in [-0.3, -0.25) is 4.99 Å². The minimum atomic E-state index is -1.50. The number of thiol groups is 2. The monoisotopic (exact) mass is 320 g/mol. The number of nitrogens with one attached hydrogen (secondary N) is 1. The number of nitrogens with zero attached hydrogens (tertiary/aromatic N) is 1. The first kappa shape index (κ1) is 14.4. The van der Waals surface area contributed by atoms with Crippen LogP contribution in [0.25, 0.3) is 0 Å². The average molecular weight is 321 g/mol. The number of aliphatic imine (C=N–C) groups is 1. The van der Waals surface area contributed by atoms with Crippen molar-refractivity contribution in [3.8, 4) is 0 Å². The second kappa shape index (κ2) is 5.19. The second-order valence-corrected chi connectivity index (χ2v) is 11.7. The first-order chi connectivity index (χ1) is 8.32. The molecule has 1 aromatic rings. The molecular weight excluding hydrogens is 304 g/mol. The van der Waals surface area contributed by atoms with Gasteiger partial charge in [0, 0.05) is 16.0 Å². The number of fused-ring (bicyclic) bond motifs is 1. The number of halogens is 1. The van der Waals surface area contributed by atoms with Crippen LogP contribution in [0.3, 0.4) is 0 Å². The summed E-state index contributed by atoms with van der Waals surface area (Å²) in [7, 11) is -1.50. The Morgan fingerprint density at radius 2 is 2.06 bits per heavy atom. The van der Waals surface area contributed by atoms with Gasteiger partial charge in [0.25, 0.3) is 0 Å². The molecule has 2 nitrogen and oxygen atoms in total. The summed E-state index contributed by atoms with van der Waals surface area (Å²) in [5.41, 5.74) is 0.972. The highest BCUT2D eigenvalue weighted by Gasteiger charge is 2.36. The molecule has 2 rings (SSSR count). The molecule has 1 heterocycles. The number of hydrogen-bond acceptors (Lipinski definition) is 3. The van der Waals surface area contributed by atoms with Crippen molar-refractivity contribution in [1.82, 2.24) is 0 Å². The summed E-state index contributed by atoms with van der Waals surface area (Å²) < 4.78 is 0. The third kappa shape index (κ3) is 2.64. The van der Waals surface area contributed by atoms with E-state index >= 15 is 0 Å². The molecule has 1 aromatic carbocycles. The van der Waals surface area contributed by atoms with Crippen molar-refractivity contribution in [2.75, 3.05) is 5.32 Å². The minimum absolute atomic E-state index is 0.181. The van der Waals surface area contributed by atoms with E-state index in [1.807, 2.05) is 18.2 Å². The Labute approximate surface area is 125 Å². The smallest absolute Gasteiger partial charge is 0.114 e. The molecule has 0 radical (unpaired) electrons. The van der Waals surface area contributed by atoms with Gasteiger partial charge in [-0.1, -0.05) is 11.6 Å². The molecule has 1 N–H and O–H groups in total. The fourth-order valence-electron chi connectivity index (χ4n) is 1.86. The van der Waals surface area contributed by atoms with Crippen molar-refractivity contribution >= 4 is 54.5 Å². The number of hydrogen-bond donors (Lipinski definition) is 3. The Morgan fingerprint density at radius 1 is 1.39 bits per heavy atom. The maximum atomic E-state index is 6.04. The standard InChI is InChI=1S/C12H17ClN2S3/c1-7(2)14-12-8(3)18(16,17)11-5-4-9(13)6-10(11)15-12/h4-8,16-17H,1-3H3,(H,14,15). The van der Waals surface area contributed by atoms with Crippen LogP contribution in [-0.4, -0.2) is 17.1 Å². The fraction of sp³-hybridized carbons (Fsp3) is 0.417. The molecule has 0 bridgehead atoms. The Bertz CT molecular complexity index is 500. The summed E-state index contributed by atoms with van der Waals surface area (Å²) in [6.07, 6.45) is 0. The van der Waals surface area contributed by atoms with Gasteiger partial charge in [0.15, 0.2) is 0 Å². The quantitative estimate of drug-likeness (QED) is 0.502. The van der Waals surface area contributed by atoms with Crippen LogP contribution < -0.4 is 5.32 Å². The molecule has 0 aromatic heterocycles. The maximum absolute atomic E-state index is 6.04. The van der Waals surface area contributed by atoms with E-state index in [1.54, 1.807) is 0 Å². The van der Waals surface area contributed by atoms with Gasteiger partial charge in [0.05, 0.1) is 10.9 Å². The van der Waals surface area contributed by atoms with E-state index in [9.17, 15) is 0 Å². The molecule has 0 amide bonds. The van der Waals surface area contributed by atoms with Crippen LogP contribution in [0.4, 0.5) is 5.69 Å². The largest absolute Gasteiger partial charge is 0.342 e. The fourth-order valence-corrected chi connectivity index (χ4v) is 5.10. The van der Waals surface area contributed by atoms with Crippen LogP contribution in [-0.2, 0) is 0 Å². The Kier molecular flexibility index (Phi) is 4.17. The number of anilines is 1. The molecule has 0 spiro atoms. The van der Waals surface area contributed by atoms with Crippen molar-refractivity contribution in [2.45, 2.75) is 37.0 Å². The molecule has 100 valence electrons. The molecule has 1 atom stereocenters. The van der Waals surface area contributed by atoms with Gasteiger partial charge >= 0.3 is 0 Å². The van der Waals surface area contributed by atoms with Crippen LogP contribution in [0.5, 0.6) is 0 Å². The van der Waals surface area contributed by atoms with Crippen LogP contribution in [0, 0.1) is 0 Å². The lowest BCUT2D eigenvalue weighted by Gasteiger charge is -2.42. The predicted molar refractivity (Wildman–Crippen MR) is 90.9 cm³/mol. The minimum Gasteiger partial charge on any atom is -0.342 e. The lowest BCUT2D eigenvalue weighted by molar-refractivity contribution is 0.830. The summed E-state index contributed by atoms with van der Waals surface area (Å²) in [4.78, 5) is 5.75. The zero-order chi connectivity index (χ0) is 13.5. The van der Waals surface area contributed by atoms with Gasteiger partial charge in [0.2, 0.25) is 0 Å². The van der Waals surface area contributed by atoms with Crippen molar-refractivity contribution in [3.63, 3.8) is 0 Å². The van der Waals surface area contributed by atoms with Gasteiger partial charge in [-0.15, -0.1) is 31.4 Å². The molecule has 0 saturated carbocycles. The Hall–Kier alpha value is 0.0300. The highest BCUT2D eigenvalue weighted by molar-refractivity contribution is 9.18. The summed E-state index contributed by atoms with van der Waals surface area (Å²) in [5, 5.41) is 4.25. The van der Waals surface area contributed by atoms with E-state index in [0.717, 1.165) is 16.4 Å². The summed E-state index contributed by atoms with van der Waals surface area (Å²) >= 11 is 15.6. The van der Waals surface area contributed by atoms with Crippen LogP contribution >= 0.6 is 43.0 Å². The van der Waals surface area contributed by atoms with Gasteiger partial charge < -0.3 is 5.32 Å². The summed E-state index contributed by atoms with van der Waals surface area (Å²) in [5.74, 6) is 0.944. The van der Waals surface area contributed by atoms with E-state index in [4.69, 9.17) is 34.9 Å². The molecule has 1 aliphatic rings. The molecule has 0 saturated heterocycles. The van der Waals surface area contributed by atoms with Crippen LogP contribution in [0.15, 0.2) is 28.1 Å². The van der Waals surface area contributed by atoms with Crippen molar-refractivity contribution in [3.05, 3.63) is 23.2 Å². The molecule has 1 unspecified atom stereocenters. The topological polar surface area (TPSA) is 24.4 Å². The third-order valence-electron chi connectivity index (χ3n) is 2.80. The Morgan fingerprint density at radius 3 is 2.67 bits per heavy atom. The lowest BCUT2D eigenvalue weighted by atomic mass is 10.3. The van der Waals surface area contributed by atoms with Crippen molar-refractivity contribution in [1.29, 1.82) is 0 Å². The summed E-state index contributed by atoms with van der Waals surface area (Å²) in [6, 6.07) is 6.04. The van der Waals surface area contributed by atoms with Gasteiger partial charge in [-0.25, -0.2) is 0 Å². The van der Waals surface area contributed by atoms with E-state index in [2.05, 4.69) is 31.1 Å². The highest BCUT2D eigenvalue weighted by Crippen LogP contribution is 2.71. The molecule has 0 fully saturated rings. The van der Waals surface area contributed by atoms with Crippen LogP contribution in [0.1, 0.15) is 20.8 Å². The second-order valence-electron chi connectivity index (χ2n) is 4.61. The normalized spacial score (nSPS) is 25.7. The molecular formula is C12H17ClN2S3. The first-order valence-corrected chi connectivity index (χ1v) is 9.91. The van der Waals surface area contributed by atoms with Gasteiger partial charge in [0.1, 0.15) is 5.84 Å². The predicted octanol–water partition coefficient (Wildman–Crippen LogP) is 4.81. The molecule has 0 aliphatic carbocycles. The molecule has 18 heavy (non-hydrogen) atoms. The van der Waals surface area contributed by atoms with E-state index < -0.39 is 8.09 Å². The molecule has 1 aliphatic heterocycles. The molecule has 6 heteroatoms. The number of rotatable bonds is 1. The summed E-state index contributed by atoms with van der Waals surface area (Å²) in [6.45, 7) is 6.23. The SMILES string of the molecule is CC(C)N=C1Nc2cc(Cl)ccc2S(S)(S)C1C. The maximum Gasteiger partial charge on any atom is 0.114 e. The van der Waals surface area contributed by atoms with E-state index in [-0.39, 0.29) is 11.3 Å². The number of amidine groups is 1. The highest BCUT2D eigenvalue weighted by atomic mass is 35.5. The third-order valence-corrected chi connectivity index (χ3v) is 8.33. The average Bonchev–Trinajstić information content (AvgIpc) is 2.24. The van der Waals surface area contributed by atoms with Gasteiger partial charge in [-0.2, -0.15) is 0 Å². The first-order valence-electron chi connectivity index (χ1n) is 5.73. The van der Waals surface area contributed by atoms with E-state index in [0.29, 0.717) is 5.02 Å². The van der Waals surface area contributed by atoms with Crippen molar-refractivity contribution < 1.29 is 0 Å². The van der Waals surface area contributed by atoms with Crippen LogP contribution in [0.2, 0.25) is 5.02 Å².